The van der Waals surface area contributed by atoms with Crippen molar-refractivity contribution >= 4 is 29.3 Å². The van der Waals surface area contributed by atoms with Gasteiger partial charge in [0.05, 0.1) is 0 Å². The Balaban J connectivity index is 1.52. The summed E-state index contributed by atoms with van der Waals surface area (Å²) in [5, 5.41) is 5.09. The van der Waals surface area contributed by atoms with Crippen LogP contribution in [0.2, 0.25) is 0 Å². The van der Waals surface area contributed by atoms with Crippen molar-refractivity contribution in [1.82, 2.24) is 15.2 Å². The van der Waals surface area contributed by atoms with Gasteiger partial charge < -0.3 is 15.2 Å². The van der Waals surface area contributed by atoms with Crippen LogP contribution >= 0.6 is 0 Å². The van der Waals surface area contributed by atoms with Crippen LogP contribution in [0.15, 0.2) is 30.5 Å². The van der Waals surface area contributed by atoms with Crippen LogP contribution in [0.4, 0.5) is 5.69 Å². The topological polar surface area (TPSA) is 111 Å². The van der Waals surface area contributed by atoms with Gasteiger partial charge in [-0.1, -0.05) is 0 Å². The summed E-state index contributed by atoms with van der Waals surface area (Å²) in [4.78, 5) is 52.8. The van der Waals surface area contributed by atoms with Gasteiger partial charge in [0.2, 0.25) is 11.8 Å². The van der Waals surface area contributed by atoms with Gasteiger partial charge in [0.25, 0.3) is 11.8 Å². The quantitative estimate of drug-likeness (QED) is 0.712. The predicted molar refractivity (Wildman–Crippen MR) is 96.0 cm³/mol. The molecule has 8 nitrogen and oxygen atoms in total. The van der Waals surface area contributed by atoms with E-state index in [1.54, 1.807) is 24.4 Å². The molecular weight excluding hydrogens is 348 g/mol. The molecule has 4 amide bonds. The molecule has 27 heavy (non-hydrogen) atoms. The minimum atomic E-state index is -0.651. The van der Waals surface area contributed by atoms with E-state index in [1.165, 1.54) is 4.90 Å². The number of anilines is 1. The number of aromatic nitrogens is 1. The summed E-state index contributed by atoms with van der Waals surface area (Å²) >= 11 is 0. The van der Waals surface area contributed by atoms with Crippen LogP contribution in [0.3, 0.4) is 0 Å². The van der Waals surface area contributed by atoms with Crippen molar-refractivity contribution in [3.05, 3.63) is 52.8 Å². The standard InChI is InChI=1S/C19H18N4O4/c1-10-6-7-20-16(10)18(26)21-12-2-3-13-11(8-12)9-23(19(13)27)14-4-5-15(24)22-17(14)25/h2-3,6-8,14,20H,4-5,9H2,1H3,(H,21,26)(H,22,24,25). The van der Waals surface area contributed by atoms with Gasteiger partial charge in [-0.2, -0.15) is 0 Å². The van der Waals surface area contributed by atoms with Crippen molar-refractivity contribution < 1.29 is 19.2 Å². The molecule has 0 saturated carbocycles. The molecule has 3 N–H and O–H groups in total. The number of carbonyl (C=O) groups excluding carboxylic acids is 4. The number of imide groups is 1. The summed E-state index contributed by atoms with van der Waals surface area (Å²) in [5.74, 6) is -1.26. The summed E-state index contributed by atoms with van der Waals surface area (Å²) in [6, 6.07) is 6.23. The molecule has 0 aliphatic carbocycles. The Labute approximate surface area is 154 Å². The summed E-state index contributed by atoms with van der Waals surface area (Å²) in [6.07, 6.45) is 2.23. The van der Waals surface area contributed by atoms with Crippen LogP contribution in [0.1, 0.15) is 44.8 Å². The Bertz CT molecular complexity index is 978. The minimum Gasteiger partial charge on any atom is -0.357 e. The van der Waals surface area contributed by atoms with Crippen molar-refractivity contribution in [2.75, 3.05) is 5.32 Å². The van der Waals surface area contributed by atoms with Gasteiger partial charge in [0.15, 0.2) is 0 Å². The lowest BCUT2D eigenvalue weighted by atomic mass is 10.0. The maximum absolute atomic E-state index is 12.7. The molecule has 2 aromatic rings. The molecule has 3 heterocycles. The van der Waals surface area contributed by atoms with E-state index in [-0.39, 0.29) is 30.7 Å². The van der Waals surface area contributed by atoms with E-state index >= 15 is 0 Å². The van der Waals surface area contributed by atoms with Gasteiger partial charge >= 0.3 is 0 Å². The zero-order valence-corrected chi connectivity index (χ0v) is 14.7. The van der Waals surface area contributed by atoms with Crippen LogP contribution in [0.25, 0.3) is 0 Å². The lowest BCUT2D eigenvalue weighted by Gasteiger charge is -2.29. The van der Waals surface area contributed by atoms with Crippen molar-refractivity contribution in [2.45, 2.75) is 32.4 Å². The molecular formula is C19H18N4O4. The number of rotatable bonds is 3. The number of amides is 4. The first-order chi connectivity index (χ1) is 12.9. The van der Waals surface area contributed by atoms with E-state index in [0.29, 0.717) is 23.4 Å². The molecule has 1 saturated heterocycles. The maximum atomic E-state index is 12.7. The SMILES string of the molecule is Cc1cc[nH]c1C(=O)Nc1ccc2c(c1)CN(C1CCC(=O)NC1=O)C2=O. The number of hydrogen-bond acceptors (Lipinski definition) is 4. The van der Waals surface area contributed by atoms with Crippen molar-refractivity contribution in [2.24, 2.45) is 0 Å². The number of H-pyrrole nitrogens is 1. The molecule has 0 spiro atoms. The Hall–Kier alpha value is -3.42. The smallest absolute Gasteiger partial charge is 0.272 e. The molecule has 1 fully saturated rings. The molecule has 4 rings (SSSR count). The average molecular weight is 366 g/mol. The van der Waals surface area contributed by atoms with Crippen LogP contribution < -0.4 is 10.6 Å². The maximum Gasteiger partial charge on any atom is 0.272 e. The summed E-state index contributed by atoms with van der Waals surface area (Å²) in [5.41, 5.74) is 3.15. The first-order valence-corrected chi connectivity index (χ1v) is 8.67. The zero-order chi connectivity index (χ0) is 19.1. The van der Waals surface area contributed by atoms with Gasteiger partial charge in [0.1, 0.15) is 11.7 Å². The first kappa shape index (κ1) is 17.0. The highest BCUT2D eigenvalue weighted by molar-refractivity contribution is 6.07. The second-order valence-corrected chi connectivity index (χ2v) is 6.76. The van der Waals surface area contributed by atoms with E-state index in [1.807, 2.05) is 13.0 Å². The van der Waals surface area contributed by atoms with Gasteiger partial charge in [-0.3, -0.25) is 24.5 Å². The van der Waals surface area contributed by atoms with E-state index in [0.717, 1.165) is 11.1 Å². The summed E-state index contributed by atoms with van der Waals surface area (Å²) in [6.45, 7) is 2.11. The minimum absolute atomic E-state index is 0.216. The highest BCUT2D eigenvalue weighted by Gasteiger charge is 2.39. The van der Waals surface area contributed by atoms with Crippen LogP contribution in [-0.2, 0) is 16.1 Å². The van der Waals surface area contributed by atoms with Crippen molar-refractivity contribution in [1.29, 1.82) is 0 Å². The second-order valence-electron chi connectivity index (χ2n) is 6.76. The number of nitrogens with zero attached hydrogens (tertiary/aromatic N) is 1. The van der Waals surface area contributed by atoms with Crippen LogP contribution in [0.5, 0.6) is 0 Å². The number of hydrogen-bond donors (Lipinski definition) is 3. The van der Waals surface area contributed by atoms with E-state index in [9.17, 15) is 19.2 Å². The molecule has 1 aromatic carbocycles. The zero-order valence-electron chi connectivity index (χ0n) is 14.7. The highest BCUT2D eigenvalue weighted by atomic mass is 16.2. The van der Waals surface area contributed by atoms with E-state index in [2.05, 4.69) is 15.6 Å². The summed E-state index contributed by atoms with van der Waals surface area (Å²) < 4.78 is 0. The van der Waals surface area contributed by atoms with Crippen LogP contribution in [0, 0.1) is 6.92 Å². The monoisotopic (exact) mass is 366 g/mol. The van der Waals surface area contributed by atoms with Crippen LogP contribution in [-0.4, -0.2) is 39.6 Å². The number of carbonyl (C=O) groups is 4. The molecule has 2 aliphatic rings. The largest absolute Gasteiger partial charge is 0.357 e. The average Bonchev–Trinajstić information content (AvgIpc) is 3.19. The number of benzene rings is 1. The highest BCUT2D eigenvalue weighted by Crippen LogP contribution is 2.29. The summed E-state index contributed by atoms with van der Waals surface area (Å²) in [7, 11) is 0. The van der Waals surface area contributed by atoms with Gasteiger partial charge in [-0.15, -0.1) is 0 Å². The number of aromatic amines is 1. The Morgan fingerprint density at radius 1 is 1.22 bits per heavy atom. The fraction of sp³-hybridized carbons (Fsp3) is 0.263. The molecule has 2 aliphatic heterocycles. The molecule has 138 valence electrons. The number of aryl methyl sites for hydroxylation is 1. The number of nitrogens with one attached hydrogen (secondary N) is 3. The third-order valence-corrected chi connectivity index (χ3v) is 4.96. The molecule has 1 aromatic heterocycles. The van der Waals surface area contributed by atoms with Gasteiger partial charge in [-0.25, -0.2) is 0 Å². The van der Waals surface area contributed by atoms with Crippen molar-refractivity contribution in [3.63, 3.8) is 0 Å². The first-order valence-electron chi connectivity index (χ1n) is 8.67. The fourth-order valence-corrected chi connectivity index (χ4v) is 3.54. The number of piperidine rings is 1. The lowest BCUT2D eigenvalue weighted by molar-refractivity contribution is -0.136. The predicted octanol–water partition coefficient (Wildman–Crippen LogP) is 1.34. The molecule has 1 atom stereocenters. The second kappa shape index (κ2) is 6.39. The van der Waals surface area contributed by atoms with E-state index in [4.69, 9.17) is 0 Å². The fourth-order valence-electron chi connectivity index (χ4n) is 3.54. The Morgan fingerprint density at radius 2 is 2.04 bits per heavy atom. The van der Waals surface area contributed by atoms with Crippen molar-refractivity contribution in [3.8, 4) is 0 Å². The lowest BCUT2D eigenvalue weighted by Crippen LogP contribution is -2.52. The normalized spacial score (nSPS) is 19.1. The molecule has 1 unspecified atom stereocenters. The molecule has 0 radical (unpaired) electrons. The van der Waals surface area contributed by atoms with Gasteiger partial charge in [0, 0.05) is 30.4 Å². The molecule has 0 bridgehead atoms. The third kappa shape index (κ3) is 2.99. The third-order valence-electron chi connectivity index (χ3n) is 4.96. The van der Waals surface area contributed by atoms with E-state index < -0.39 is 11.9 Å². The van der Waals surface area contributed by atoms with Gasteiger partial charge in [-0.05, 0) is 48.7 Å². The Kier molecular flexibility index (Phi) is 4.02. The molecule has 8 heteroatoms. The number of fused-ring (bicyclic) bond motifs is 1. The Morgan fingerprint density at radius 3 is 2.74 bits per heavy atom.